The maximum absolute atomic E-state index is 11.9. The number of likely N-dealkylation sites (tertiary alicyclic amines) is 1. The molecule has 2 saturated heterocycles. The smallest absolute Gasteiger partial charge is 0.219 e. The molecule has 1 amide bonds. The van der Waals surface area contributed by atoms with Crippen LogP contribution in [0.1, 0.15) is 58.3 Å². The van der Waals surface area contributed by atoms with E-state index >= 15 is 0 Å². The number of carbonyl (C=O) groups excluding carboxylic acids is 1. The summed E-state index contributed by atoms with van der Waals surface area (Å²) in [4.78, 5) is 14.0. The standard InChI is InChI=1S/C24H44N4O4/c1-15(29)28-10-8-16-11-17(5-6-20(16)28)26-18-7-9-25-23(14-18)27-19-12-21(30-2)24(32-4)22(13-19)31-3/h16-27H,5-14H2,1-4H3. The second-order valence-corrected chi connectivity index (χ2v) is 10.3. The number of hydrogen-bond acceptors (Lipinski definition) is 7. The average Bonchev–Trinajstić information content (AvgIpc) is 3.22. The van der Waals surface area contributed by atoms with E-state index < -0.39 is 0 Å². The third kappa shape index (κ3) is 5.47. The highest BCUT2D eigenvalue weighted by Gasteiger charge is 2.41. The van der Waals surface area contributed by atoms with Gasteiger partial charge < -0.3 is 29.7 Å². The zero-order chi connectivity index (χ0) is 22.7. The van der Waals surface area contributed by atoms with Crippen molar-refractivity contribution in [1.82, 2.24) is 20.9 Å². The van der Waals surface area contributed by atoms with Crippen molar-refractivity contribution in [2.45, 2.75) is 107 Å². The van der Waals surface area contributed by atoms with E-state index in [0.29, 0.717) is 36.3 Å². The van der Waals surface area contributed by atoms with Gasteiger partial charge in [-0.25, -0.2) is 0 Å². The van der Waals surface area contributed by atoms with Crippen molar-refractivity contribution in [2.75, 3.05) is 34.4 Å². The summed E-state index contributed by atoms with van der Waals surface area (Å²) in [6.45, 7) is 3.70. The Morgan fingerprint density at radius 3 is 2.22 bits per heavy atom. The average molecular weight is 453 g/mol. The van der Waals surface area contributed by atoms with Gasteiger partial charge in [-0.2, -0.15) is 0 Å². The van der Waals surface area contributed by atoms with E-state index in [1.165, 1.54) is 25.7 Å². The molecule has 0 radical (unpaired) electrons. The van der Waals surface area contributed by atoms with E-state index in [2.05, 4.69) is 20.9 Å². The van der Waals surface area contributed by atoms with Crippen molar-refractivity contribution >= 4 is 5.91 Å². The molecule has 0 aromatic rings. The van der Waals surface area contributed by atoms with Crippen LogP contribution >= 0.6 is 0 Å². The van der Waals surface area contributed by atoms with Crippen molar-refractivity contribution in [2.24, 2.45) is 5.92 Å². The second-order valence-electron chi connectivity index (χ2n) is 10.3. The molecular formula is C24H44N4O4. The summed E-state index contributed by atoms with van der Waals surface area (Å²) in [6.07, 6.45) is 9.21. The lowest BCUT2D eigenvalue weighted by molar-refractivity contribution is -0.135. The fourth-order valence-corrected chi connectivity index (χ4v) is 6.86. The Bertz CT molecular complexity index is 609. The summed E-state index contributed by atoms with van der Waals surface area (Å²) < 4.78 is 17.1. The number of amides is 1. The number of carbonyl (C=O) groups is 1. The van der Waals surface area contributed by atoms with Crippen molar-refractivity contribution < 1.29 is 19.0 Å². The molecule has 2 aliphatic carbocycles. The molecule has 184 valence electrons. The van der Waals surface area contributed by atoms with E-state index in [1.807, 2.05) is 0 Å². The van der Waals surface area contributed by atoms with E-state index in [-0.39, 0.29) is 24.2 Å². The molecule has 0 spiro atoms. The highest BCUT2D eigenvalue weighted by Crippen LogP contribution is 2.36. The number of nitrogens with one attached hydrogen (secondary N) is 3. The minimum atomic E-state index is -0.0126. The number of nitrogens with zero attached hydrogens (tertiary/aromatic N) is 1. The molecule has 32 heavy (non-hydrogen) atoms. The van der Waals surface area contributed by atoms with E-state index in [4.69, 9.17) is 14.2 Å². The molecule has 0 aromatic carbocycles. The van der Waals surface area contributed by atoms with E-state index in [9.17, 15) is 4.79 Å². The van der Waals surface area contributed by atoms with Crippen LogP contribution < -0.4 is 16.0 Å². The summed E-state index contributed by atoms with van der Waals surface area (Å²) in [7, 11) is 5.27. The summed E-state index contributed by atoms with van der Waals surface area (Å²) in [5.41, 5.74) is 0. The molecule has 4 rings (SSSR count). The highest BCUT2D eigenvalue weighted by atomic mass is 16.6. The molecule has 4 fully saturated rings. The van der Waals surface area contributed by atoms with Crippen LogP contribution in [0, 0.1) is 5.92 Å². The SMILES string of the molecule is COC1CC(NC2CC(NC3CCC4C(CCN4C(C)=O)C3)CCN2)CC(OC)C1OC. The largest absolute Gasteiger partial charge is 0.379 e. The number of fused-ring (bicyclic) bond motifs is 1. The van der Waals surface area contributed by atoms with Crippen LogP contribution in [-0.4, -0.2) is 93.9 Å². The van der Waals surface area contributed by atoms with Gasteiger partial charge in [-0.3, -0.25) is 10.1 Å². The number of hydrogen-bond donors (Lipinski definition) is 3. The van der Waals surface area contributed by atoms with Crippen LogP contribution in [0.15, 0.2) is 0 Å². The summed E-state index contributed by atoms with van der Waals surface area (Å²) in [5.74, 6) is 0.927. The maximum Gasteiger partial charge on any atom is 0.219 e. The lowest BCUT2D eigenvalue weighted by Gasteiger charge is -2.43. The molecule has 7 unspecified atom stereocenters. The Morgan fingerprint density at radius 1 is 0.844 bits per heavy atom. The van der Waals surface area contributed by atoms with Gasteiger partial charge >= 0.3 is 0 Å². The fourth-order valence-electron chi connectivity index (χ4n) is 6.86. The molecule has 2 heterocycles. The molecular weight excluding hydrogens is 408 g/mol. The second kappa shape index (κ2) is 11.1. The minimum Gasteiger partial charge on any atom is -0.379 e. The van der Waals surface area contributed by atoms with Crippen LogP contribution in [0.25, 0.3) is 0 Å². The van der Waals surface area contributed by atoms with Crippen molar-refractivity contribution in [1.29, 1.82) is 0 Å². The topological polar surface area (TPSA) is 84.1 Å². The van der Waals surface area contributed by atoms with Crippen molar-refractivity contribution in [3.8, 4) is 0 Å². The van der Waals surface area contributed by atoms with Gasteiger partial charge in [0, 0.05) is 59.0 Å². The zero-order valence-electron chi connectivity index (χ0n) is 20.3. The molecule has 2 aliphatic heterocycles. The number of ether oxygens (including phenoxy) is 3. The third-order valence-electron chi connectivity index (χ3n) is 8.44. The van der Waals surface area contributed by atoms with E-state index in [0.717, 1.165) is 38.8 Å². The first-order chi connectivity index (χ1) is 15.5. The quantitative estimate of drug-likeness (QED) is 0.536. The van der Waals surface area contributed by atoms with Gasteiger partial charge in [-0.15, -0.1) is 0 Å². The van der Waals surface area contributed by atoms with Crippen molar-refractivity contribution in [3.63, 3.8) is 0 Å². The lowest BCUT2D eigenvalue weighted by atomic mass is 9.81. The first-order valence-electron chi connectivity index (χ1n) is 12.6. The normalized spacial score (nSPS) is 42.6. The molecule has 0 aromatic heterocycles. The molecule has 8 heteroatoms. The zero-order valence-corrected chi connectivity index (χ0v) is 20.3. The fraction of sp³-hybridized carbons (Fsp3) is 0.958. The minimum absolute atomic E-state index is 0.0126. The third-order valence-corrected chi connectivity index (χ3v) is 8.44. The van der Waals surface area contributed by atoms with Crippen LogP contribution in [0.4, 0.5) is 0 Å². The monoisotopic (exact) mass is 452 g/mol. The number of piperidine rings is 1. The predicted octanol–water partition coefficient (Wildman–Crippen LogP) is 1.24. The Hall–Kier alpha value is -0.770. The van der Waals surface area contributed by atoms with Gasteiger partial charge in [0.15, 0.2) is 0 Å². The van der Waals surface area contributed by atoms with E-state index in [1.54, 1.807) is 28.3 Å². The molecule has 2 saturated carbocycles. The first-order valence-corrected chi connectivity index (χ1v) is 12.6. The summed E-state index contributed by atoms with van der Waals surface area (Å²) in [6, 6.07) is 1.95. The maximum atomic E-state index is 11.9. The molecule has 4 aliphatic rings. The molecule has 3 N–H and O–H groups in total. The first kappa shape index (κ1) is 24.4. The Kier molecular flexibility index (Phi) is 8.45. The lowest BCUT2D eigenvalue weighted by Crippen LogP contribution is -2.60. The van der Waals surface area contributed by atoms with Gasteiger partial charge in [0.2, 0.25) is 5.91 Å². The van der Waals surface area contributed by atoms with Gasteiger partial charge in [-0.1, -0.05) is 0 Å². The molecule has 8 nitrogen and oxygen atoms in total. The Morgan fingerprint density at radius 2 is 1.56 bits per heavy atom. The van der Waals surface area contributed by atoms with Crippen LogP contribution in [0.2, 0.25) is 0 Å². The highest BCUT2D eigenvalue weighted by molar-refractivity contribution is 5.74. The predicted molar refractivity (Wildman–Crippen MR) is 123 cm³/mol. The van der Waals surface area contributed by atoms with Gasteiger partial charge in [0.25, 0.3) is 0 Å². The Labute approximate surface area is 193 Å². The van der Waals surface area contributed by atoms with Gasteiger partial charge in [0.05, 0.1) is 18.4 Å². The summed E-state index contributed by atoms with van der Waals surface area (Å²) >= 11 is 0. The Balaban J connectivity index is 1.26. The summed E-state index contributed by atoms with van der Waals surface area (Å²) in [5, 5.41) is 11.5. The van der Waals surface area contributed by atoms with Crippen LogP contribution in [0.3, 0.4) is 0 Å². The molecule has 0 bridgehead atoms. The number of rotatable bonds is 7. The van der Waals surface area contributed by atoms with Crippen molar-refractivity contribution in [3.05, 3.63) is 0 Å². The van der Waals surface area contributed by atoms with Gasteiger partial charge in [-0.05, 0) is 63.8 Å². The van der Waals surface area contributed by atoms with Crippen LogP contribution in [-0.2, 0) is 19.0 Å². The number of methoxy groups -OCH3 is 3. The van der Waals surface area contributed by atoms with Crippen LogP contribution in [0.5, 0.6) is 0 Å². The van der Waals surface area contributed by atoms with Gasteiger partial charge in [0.1, 0.15) is 6.10 Å². The molecule has 7 atom stereocenters.